The van der Waals surface area contributed by atoms with Crippen LogP contribution in [0.1, 0.15) is 65.7 Å². The number of rotatable bonds is 17. The molecule has 0 radical (unpaired) electrons. The first kappa shape index (κ1) is 29.0. The summed E-state index contributed by atoms with van der Waals surface area (Å²) in [6.45, 7) is 5.69. The lowest BCUT2D eigenvalue weighted by Gasteiger charge is -2.21. The minimum Gasteiger partial charge on any atom is -0.345 e. The van der Waals surface area contributed by atoms with E-state index in [-0.39, 0.29) is 37.8 Å². The zero-order chi connectivity index (χ0) is 23.8. The maximum Gasteiger partial charge on any atom is 0.243 e. The quantitative estimate of drug-likeness (QED) is 0.161. The maximum atomic E-state index is 12.5. The summed E-state index contributed by atoms with van der Waals surface area (Å²) < 4.78 is 0. The number of unbranched alkanes of at least 4 members (excludes halogenated alkanes) is 3. The lowest BCUT2D eigenvalue weighted by atomic mass is 9.99. The molecule has 0 heterocycles. The molecule has 3 amide bonds. The van der Waals surface area contributed by atoms with Crippen molar-refractivity contribution in [3.8, 4) is 0 Å². The summed E-state index contributed by atoms with van der Waals surface area (Å²) in [4.78, 5) is 49.1. The van der Waals surface area contributed by atoms with Crippen molar-refractivity contribution in [2.75, 3.05) is 19.6 Å². The van der Waals surface area contributed by atoms with Crippen LogP contribution >= 0.6 is 0 Å². The summed E-state index contributed by atoms with van der Waals surface area (Å²) in [5.74, 6) is -1.82. The molecular formula is C21H42N6O4. The summed E-state index contributed by atoms with van der Waals surface area (Å²) in [5.41, 5.74) is 17.0. The standard InChI is InChI=1S/C21H42N6O4/c1-4-5-6-7-8-15(24)20(30)27-17(10-12-23)21(31)25-13-18(28)26-16(9-11-22)19(29)14(2)3/h14-17H,4-13,22-24H2,1-3H3,(H,25,31)(H,26,28)(H,27,30). The van der Waals surface area contributed by atoms with Gasteiger partial charge < -0.3 is 33.2 Å². The molecule has 0 rings (SSSR count). The van der Waals surface area contributed by atoms with Crippen LogP contribution < -0.4 is 33.2 Å². The lowest BCUT2D eigenvalue weighted by molar-refractivity contribution is -0.132. The van der Waals surface area contributed by atoms with E-state index in [9.17, 15) is 19.2 Å². The number of hydrogen-bond donors (Lipinski definition) is 6. The van der Waals surface area contributed by atoms with E-state index < -0.39 is 35.8 Å². The van der Waals surface area contributed by atoms with Crippen molar-refractivity contribution in [2.45, 2.75) is 83.8 Å². The second kappa shape index (κ2) is 16.6. The lowest BCUT2D eigenvalue weighted by Crippen LogP contribution is -2.54. The third-order valence-corrected chi connectivity index (χ3v) is 4.92. The van der Waals surface area contributed by atoms with Gasteiger partial charge in [0.15, 0.2) is 5.78 Å². The molecule has 3 unspecified atom stereocenters. The third-order valence-electron chi connectivity index (χ3n) is 4.92. The Labute approximate surface area is 185 Å². The number of carbonyl (C=O) groups is 4. The molecule has 31 heavy (non-hydrogen) atoms. The van der Waals surface area contributed by atoms with Crippen LogP contribution in [0.4, 0.5) is 0 Å². The number of carbonyl (C=O) groups excluding carboxylic acids is 4. The summed E-state index contributed by atoms with van der Waals surface area (Å²) >= 11 is 0. The Morgan fingerprint density at radius 1 is 0.806 bits per heavy atom. The van der Waals surface area contributed by atoms with Crippen LogP contribution in [-0.2, 0) is 19.2 Å². The van der Waals surface area contributed by atoms with Gasteiger partial charge in [-0.25, -0.2) is 0 Å². The Morgan fingerprint density at radius 2 is 1.42 bits per heavy atom. The zero-order valence-corrected chi connectivity index (χ0v) is 19.2. The van der Waals surface area contributed by atoms with Crippen molar-refractivity contribution in [1.29, 1.82) is 0 Å². The van der Waals surface area contributed by atoms with Gasteiger partial charge in [-0.2, -0.15) is 0 Å². The fourth-order valence-electron chi connectivity index (χ4n) is 3.03. The van der Waals surface area contributed by atoms with Gasteiger partial charge in [-0.1, -0.05) is 46.5 Å². The molecule has 9 N–H and O–H groups in total. The van der Waals surface area contributed by atoms with Crippen LogP contribution in [0.5, 0.6) is 0 Å². The molecule has 0 fully saturated rings. The van der Waals surface area contributed by atoms with E-state index in [4.69, 9.17) is 17.2 Å². The molecule has 10 nitrogen and oxygen atoms in total. The van der Waals surface area contributed by atoms with E-state index in [0.717, 1.165) is 25.7 Å². The summed E-state index contributed by atoms with van der Waals surface area (Å²) in [5, 5.41) is 7.70. The number of hydrogen-bond acceptors (Lipinski definition) is 7. The average Bonchev–Trinajstić information content (AvgIpc) is 2.73. The largest absolute Gasteiger partial charge is 0.345 e. The van der Waals surface area contributed by atoms with Crippen molar-refractivity contribution in [2.24, 2.45) is 23.1 Å². The van der Waals surface area contributed by atoms with Crippen molar-refractivity contribution in [3.05, 3.63) is 0 Å². The van der Waals surface area contributed by atoms with E-state index in [0.29, 0.717) is 12.8 Å². The van der Waals surface area contributed by atoms with Crippen molar-refractivity contribution < 1.29 is 19.2 Å². The highest BCUT2D eigenvalue weighted by molar-refractivity contribution is 5.94. The zero-order valence-electron chi connectivity index (χ0n) is 19.2. The van der Waals surface area contributed by atoms with E-state index in [1.165, 1.54) is 0 Å². The van der Waals surface area contributed by atoms with E-state index >= 15 is 0 Å². The van der Waals surface area contributed by atoms with E-state index in [2.05, 4.69) is 22.9 Å². The number of amides is 3. The van der Waals surface area contributed by atoms with Gasteiger partial charge in [0.2, 0.25) is 17.7 Å². The predicted molar refractivity (Wildman–Crippen MR) is 121 cm³/mol. The molecule has 0 aliphatic heterocycles. The second-order valence-corrected chi connectivity index (χ2v) is 8.07. The summed E-state index contributed by atoms with van der Waals surface area (Å²) in [6, 6.07) is -2.28. The molecule has 0 saturated heterocycles. The van der Waals surface area contributed by atoms with Crippen LogP contribution in [0.25, 0.3) is 0 Å². The monoisotopic (exact) mass is 442 g/mol. The Morgan fingerprint density at radius 3 is 1.97 bits per heavy atom. The fourth-order valence-corrected chi connectivity index (χ4v) is 3.03. The second-order valence-electron chi connectivity index (χ2n) is 8.07. The van der Waals surface area contributed by atoms with Gasteiger partial charge >= 0.3 is 0 Å². The molecule has 0 aliphatic rings. The van der Waals surface area contributed by atoms with Crippen LogP contribution in [-0.4, -0.2) is 61.3 Å². The highest BCUT2D eigenvalue weighted by atomic mass is 16.2. The van der Waals surface area contributed by atoms with Crippen molar-refractivity contribution >= 4 is 23.5 Å². The van der Waals surface area contributed by atoms with Gasteiger partial charge in [0.05, 0.1) is 18.6 Å². The first-order valence-corrected chi connectivity index (χ1v) is 11.2. The molecule has 0 aliphatic carbocycles. The average molecular weight is 443 g/mol. The van der Waals surface area contributed by atoms with Crippen LogP contribution in [0, 0.1) is 5.92 Å². The van der Waals surface area contributed by atoms with Gasteiger partial charge in [-0.3, -0.25) is 19.2 Å². The Bertz CT molecular complexity index is 570. The van der Waals surface area contributed by atoms with Gasteiger partial charge in [0.25, 0.3) is 0 Å². The van der Waals surface area contributed by atoms with Crippen LogP contribution in [0.3, 0.4) is 0 Å². The number of ketones is 1. The highest BCUT2D eigenvalue weighted by Crippen LogP contribution is 2.05. The first-order chi connectivity index (χ1) is 14.7. The first-order valence-electron chi connectivity index (χ1n) is 11.2. The fraction of sp³-hybridized carbons (Fsp3) is 0.810. The Balaban J connectivity index is 4.67. The topological polar surface area (TPSA) is 182 Å². The molecule has 10 heteroatoms. The van der Waals surface area contributed by atoms with Crippen molar-refractivity contribution in [3.63, 3.8) is 0 Å². The molecule has 0 saturated carbocycles. The third kappa shape index (κ3) is 12.4. The van der Waals surface area contributed by atoms with Gasteiger partial charge in [0.1, 0.15) is 6.04 Å². The Kier molecular flexibility index (Phi) is 15.5. The molecule has 0 aromatic rings. The minimum atomic E-state index is -0.885. The summed E-state index contributed by atoms with van der Waals surface area (Å²) in [6.07, 6.45) is 5.09. The molecule has 0 bridgehead atoms. The van der Waals surface area contributed by atoms with Crippen LogP contribution in [0.15, 0.2) is 0 Å². The minimum absolute atomic E-state index is 0.119. The highest BCUT2D eigenvalue weighted by Gasteiger charge is 2.25. The van der Waals surface area contributed by atoms with Gasteiger partial charge in [-0.05, 0) is 32.4 Å². The number of nitrogens with one attached hydrogen (secondary N) is 3. The maximum absolute atomic E-state index is 12.5. The molecule has 0 aromatic carbocycles. The molecule has 3 atom stereocenters. The Hall–Kier alpha value is -2.04. The predicted octanol–water partition coefficient (Wildman–Crippen LogP) is -0.707. The number of nitrogens with two attached hydrogens (primary N) is 3. The van der Waals surface area contributed by atoms with E-state index in [1.807, 2.05) is 0 Å². The molecule has 0 aromatic heterocycles. The molecule has 180 valence electrons. The van der Waals surface area contributed by atoms with E-state index in [1.54, 1.807) is 13.8 Å². The smallest absolute Gasteiger partial charge is 0.243 e. The normalized spacial score (nSPS) is 13.9. The SMILES string of the molecule is CCCCCCC(N)C(=O)NC(CCN)C(=O)NCC(=O)NC(CCN)C(=O)C(C)C. The summed E-state index contributed by atoms with van der Waals surface area (Å²) in [7, 11) is 0. The van der Waals surface area contributed by atoms with Gasteiger partial charge in [0, 0.05) is 5.92 Å². The molecular weight excluding hydrogens is 400 g/mol. The van der Waals surface area contributed by atoms with Crippen LogP contribution in [0.2, 0.25) is 0 Å². The van der Waals surface area contributed by atoms with Gasteiger partial charge in [-0.15, -0.1) is 0 Å². The van der Waals surface area contributed by atoms with Crippen molar-refractivity contribution in [1.82, 2.24) is 16.0 Å². The number of Topliss-reactive ketones (excluding diaryl/α,β-unsaturated/α-hetero) is 1. The molecule has 0 spiro atoms.